The first-order valence-corrected chi connectivity index (χ1v) is 4.37. The van der Waals surface area contributed by atoms with Gasteiger partial charge in [0.15, 0.2) is 5.69 Å². The summed E-state index contributed by atoms with van der Waals surface area (Å²) in [7, 11) is 0. The van der Waals surface area contributed by atoms with Gasteiger partial charge in [-0.05, 0) is 0 Å². The van der Waals surface area contributed by atoms with Gasteiger partial charge in [0.25, 0.3) is 0 Å². The molecule has 12 heavy (non-hydrogen) atoms. The van der Waals surface area contributed by atoms with Crippen molar-refractivity contribution in [3.05, 3.63) is 11.9 Å². The third-order valence-corrected chi connectivity index (χ3v) is 1.85. The lowest BCUT2D eigenvalue weighted by Crippen LogP contribution is -1.96. The van der Waals surface area contributed by atoms with Crippen LogP contribution in [0.3, 0.4) is 0 Å². The van der Waals surface area contributed by atoms with E-state index in [1.165, 1.54) is 18.0 Å². The van der Waals surface area contributed by atoms with E-state index in [4.69, 9.17) is 5.26 Å². The van der Waals surface area contributed by atoms with Crippen LogP contribution in [0.1, 0.15) is 19.5 Å². The van der Waals surface area contributed by atoms with Crippen LogP contribution in [0.2, 0.25) is 0 Å². The normalized spacial score (nSPS) is 9.83. The second-order valence-electron chi connectivity index (χ2n) is 2.40. The highest BCUT2D eigenvalue weighted by Gasteiger charge is 2.02. The van der Waals surface area contributed by atoms with Crippen molar-refractivity contribution in [2.75, 3.05) is 0 Å². The first-order valence-electron chi connectivity index (χ1n) is 3.49. The van der Waals surface area contributed by atoms with Crippen LogP contribution in [0, 0.1) is 11.3 Å². The Balaban J connectivity index is 2.81. The predicted octanol–water partition coefficient (Wildman–Crippen LogP) is 1.24. The number of rotatable bonds is 2. The van der Waals surface area contributed by atoms with E-state index >= 15 is 0 Å². The molecule has 0 spiro atoms. The zero-order chi connectivity index (χ0) is 8.97. The van der Waals surface area contributed by atoms with Crippen molar-refractivity contribution in [1.82, 2.24) is 15.2 Å². The first-order chi connectivity index (χ1) is 5.72. The largest absolute Gasteiger partial charge is 0.210 e. The Kier molecular flexibility index (Phi) is 3.00. The molecule has 0 N–H and O–H groups in total. The number of hydrogen-bond donors (Lipinski definition) is 0. The van der Waals surface area contributed by atoms with Crippen LogP contribution in [0.4, 0.5) is 0 Å². The molecule has 0 aliphatic rings. The van der Waals surface area contributed by atoms with Crippen LogP contribution < -0.4 is 0 Å². The number of nitriles is 1. The lowest BCUT2D eigenvalue weighted by atomic mass is 10.5. The molecular weight excluding hydrogens is 172 g/mol. The molecular formula is C7H8N4S. The summed E-state index contributed by atoms with van der Waals surface area (Å²) in [6.07, 6.45) is 1.35. The van der Waals surface area contributed by atoms with Crippen LogP contribution in [0.5, 0.6) is 0 Å². The van der Waals surface area contributed by atoms with E-state index in [1.807, 2.05) is 19.9 Å². The van der Waals surface area contributed by atoms with Gasteiger partial charge in [0, 0.05) is 5.25 Å². The summed E-state index contributed by atoms with van der Waals surface area (Å²) in [4.78, 5) is 3.96. The lowest BCUT2D eigenvalue weighted by molar-refractivity contribution is 0.825. The molecule has 0 aromatic carbocycles. The van der Waals surface area contributed by atoms with Crippen molar-refractivity contribution < 1.29 is 0 Å². The Morgan fingerprint density at radius 3 is 2.92 bits per heavy atom. The van der Waals surface area contributed by atoms with Gasteiger partial charge in [-0.1, -0.05) is 25.6 Å². The molecule has 0 unspecified atom stereocenters. The zero-order valence-electron chi connectivity index (χ0n) is 6.85. The highest BCUT2D eigenvalue weighted by molar-refractivity contribution is 7.99. The Hall–Kier alpha value is -1.15. The predicted molar refractivity (Wildman–Crippen MR) is 45.5 cm³/mol. The van der Waals surface area contributed by atoms with Crippen molar-refractivity contribution >= 4 is 11.8 Å². The maximum atomic E-state index is 8.51. The molecule has 0 aliphatic heterocycles. The molecule has 62 valence electrons. The summed E-state index contributed by atoms with van der Waals surface area (Å²) in [6, 6.07) is 1.91. The van der Waals surface area contributed by atoms with Gasteiger partial charge in [-0.3, -0.25) is 0 Å². The van der Waals surface area contributed by atoms with E-state index in [0.29, 0.717) is 16.1 Å². The Labute approximate surface area is 75.0 Å². The average molecular weight is 180 g/mol. The second-order valence-corrected chi connectivity index (χ2v) is 3.95. The molecule has 0 radical (unpaired) electrons. The smallest absolute Gasteiger partial charge is 0.208 e. The highest BCUT2D eigenvalue weighted by atomic mass is 32.2. The fourth-order valence-electron chi connectivity index (χ4n) is 0.602. The SMILES string of the molecule is CC(C)Sc1nncc(C#N)n1. The van der Waals surface area contributed by atoms with Gasteiger partial charge in [0.1, 0.15) is 6.07 Å². The molecule has 0 saturated carbocycles. The summed E-state index contributed by atoms with van der Waals surface area (Å²) in [6.45, 7) is 4.07. The van der Waals surface area contributed by atoms with E-state index in [-0.39, 0.29) is 0 Å². The van der Waals surface area contributed by atoms with Crippen LogP contribution in [0.25, 0.3) is 0 Å². The van der Waals surface area contributed by atoms with E-state index in [2.05, 4.69) is 15.2 Å². The van der Waals surface area contributed by atoms with E-state index in [1.54, 1.807) is 0 Å². The van der Waals surface area contributed by atoms with Gasteiger partial charge in [0.05, 0.1) is 6.20 Å². The summed E-state index contributed by atoms with van der Waals surface area (Å²) in [5.41, 5.74) is 0.313. The van der Waals surface area contributed by atoms with Crippen molar-refractivity contribution in [1.29, 1.82) is 5.26 Å². The number of thioether (sulfide) groups is 1. The molecule has 0 bridgehead atoms. The fraction of sp³-hybridized carbons (Fsp3) is 0.429. The van der Waals surface area contributed by atoms with Gasteiger partial charge in [-0.25, -0.2) is 4.98 Å². The Bertz CT molecular complexity index is 305. The second kappa shape index (κ2) is 4.02. The third kappa shape index (κ3) is 2.47. The Morgan fingerprint density at radius 1 is 1.58 bits per heavy atom. The summed E-state index contributed by atoms with van der Waals surface area (Å²) >= 11 is 1.49. The highest BCUT2D eigenvalue weighted by Crippen LogP contribution is 2.16. The van der Waals surface area contributed by atoms with E-state index < -0.39 is 0 Å². The molecule has 4 nitrogen and oxygen atoms in total. The van der Waals surface area contributed by atoms with Crippen LogP contribution in [-0.2, 0) is 0 Å². The van der Waals surface area contributed by atoms with Gasteiger partial charge in [-0.15, -0.1) is 5.10 Å². The molecule has 0 amide bonds. The van der Waals surface area contributed by atoms with Crippen molar-refractivity contribution in [2.24, 2.45) is 0 Å². The van der Waals surface area contributed by atoms with E-state index in [9.17, 15) is 0 Å². The molecule has 0 fully saturated rings. The van der Waals surface area contributed by atoms with E-state index in [0.717, 1.165) is 0 Å². The minimum Gasteiger partial charge on any atom is -0.208 e. The number of aromatic nitrogens is 3. The van der Waals surface area contributed by atoms with Gasteiger partial charge >= 0.3 is 0 Å². The average Bonchev–Trinajstić information content (AvgIpc) is 2.03. The molecule has 0 saturated heterocycles. The van der Waals surface area contributed by atoms with Gasteiger partial charge < -0.3 is 0 Å². The van der Waals surface area contributed by atoms with Crippen LogP contribution in [-0.4, -0.2) is 20.4 Å². The van der Waals surface area contributed by atoms with Crippen LogP contribution >= 0.6 is 11.8 Å². The maximum Gasteiger partial charge on any atom is 0.210 e. The zero-order valence-corrected chi connectivity index (χ0v) is 7.67. The minimum atomic E-state index is 0.313. The molecule has 1 aromatic heterocycles. The standard InChI is InChI=1S/C7H8N4S/c1-5(2)12-7-10-6(3-8)4-9-11-7/h4-5H,1-2H3. The topological polar surface area (TPSA) is 62.5 Å². The van der Waals surface area contributed by atoms with Crippen molar-refractivity contribution in [3.8, 4) is 6.07 Å². The monoisotopic (exact) mass is 180 g/mol. The Morgan fingerprint density at radius 2 is 2.33 bits per heavy atom. The number of nitrogens with zero attached hydrogens (tertiary/aromatic N) is 4. The molecule has 0 atom stereocenters. The molecule has 5 heteroatoms. The molecule has 0 aliphatic carbocycles. The van der Waals surface area contributed by atoms with Gasteiger partial charge in [0.2, 0.25) is 5.16 Å². The first kappa shape index (κ1) is 8.94. The van der Waals surface area contributed by atoms with Crippen molar-refractivity contribution in [2.45, 2.75) is 24.3 Å². The molecule has 1 heterocycles. The third-order valence-electron chi connectivity index (χ3n) is 0.995. The summed E-state index contributed by atoms with van der Waals surface area (Å²) in [5, 5.41) is 16.9. The molecule has 1 aromatic rings. The lowest BCUT2D eigenvalue weighted by Gasteiger charge is -2.00. The van der Waals surface area contributed by atoms with Crippen LogP contribution in [0.15, 0.2) is 11.4 Å². The summed E-state index contributed by atoms with van der Waals surface area (Å²) in [5.74, 6) is 0. The van der Waals surface area contributed by atoms with Crippen molar-refractivity contribution in [3.63, 3.8) is 0 Å². The maximum absolute atomic E-state index is 8.51. The van der Waals surface area contributed by atoms with Gasteiger partial charge in [-0.2, -0.15) is 10.4 Å². The minimum absolute atomic E-state index is 0.313. The summed E-state index contributed by atoms with van der Waals surface area (Å²) < 4.78 is 0. The fourth-order valence-corrected chi connectivity index (χ4v) is 1.27. The number of hydrogen-bond acceptors (Lipinski definition) is 5. The quantitative estimate of drug-likeness (QED) is 0.641. The molecule has 1 rings (SSSR count).